The summed E-state index contributed by atoms with van der Waals surface area (Å²) in [5, 5.41) is 0. The average molecular weight is 535 g/mol. The lowest BCUT2D eigenvalue weighted by Gasteiger charge is -2.25. The molecule has 2 aliphatic rings. The van der Waals surface area contributed by atoms with Crippen LogP contribution < -0.4 is 0 Å². The smallest absolute Gasteiger partial charge is 0.193 e. The van der Waals surface area contributed by atoms with Gasteiger partial charge >= 0.3 is 0 Å². The summed E-state index contributed by atoms with van der Waals surface area (Å²) < 4.78 is 0. The molecule has 0 radical (unpaired) electrons. The molecule has 0 saturated heterocycles. The Morgan fingerprint density at radius 2 is 0.975 bits per heavy atom. The monoisotopic (exact) mass is 534 g/mol. The second-order valence-electron chi connectivity index (χ2n) is 12.4. The maximum absolute atomic E-state index is 13.8. The number of hydrogen-bond donors (Lipinski definition) is 0. The summed E-state index contributed by atoms with van der Waals surface area (Å²) in [5.74, 6) is 1.49. The molecule has 5 rings (SSSR count). The molecule has 2 atom stereocenters. The van der Waals surface area contributed by atoms with Crippen molar-refractivity contribution in [3.05, 3.63) is 104 Å². The Balaban J connectivity index is 1.40. The van der Waals surface area contributed by atoms with Crippen molar-refractivity contribution in [2.45, 2.75) is 105 Å². The van der Waals surface area contributed by atoms with Gasteiger partial charge in [0.2, 0.25) is 0 Å². The van der Waals surface area contributed by atoms with Gasteiger partial charge in [0.15, 0.2) is 11.6 Å². The number of unbranched alkanes of at least 4 members (excludes halogenated alkanes) is 2. The van der Waals surface area contributed by atoms with Crippen LogP contribution in [0.15, 0.2) is 48.5 Å². The van der Waals surface area contributed by atoms with E-state index in [0.717, 1.165) is 70.2 Å². The lowest BCUT2D eigenvalue weighted by atomic mass is 9.77. The molecule has 2 nitrogen and oxygen atoms in total. The molecule has 2 heteroatoms. The largest absolute Gasteiger partial charge is 0.289 e. The molecule has 0 fully saturated rings. The number of benzene rings is 3. The van der Waals surface area contributed by atoms with Crippen LogP contribution in [0.3, 0.4) is 0 Å². The normalized spacial score (nSPS) is 15.2. The molecule has 2 aliphatic carbocycles. The van der Waals surface area contributed by atoms with Gasteiger partial charge in [0, 0.05) is 22.3 Å². The van der Waals surface area contributed by atoms with E-state index in [2.05, 4.69) is 70.2 Å². The zero-order chi connectivity index (χ0) is 28.2. The highest BCUT2D eigenvalue weighted by Gasteiger charge is 2.30. The highest BCUT2D eigenvalue weighted by molar-refractivity contribution is 6.17. The predicted molar refractivity (Wildman–Crippen MR) is 166 cm³/mol. The first-order valence-corrected chi connectivity index (χ1v) is 15.9. The van der Waals surface area contributed by atoms with E-state index in [1.807, 2.05) is 6.07 Å². The maximum Gasteiger partial charge on any atom is 0.193 e. The van der Waals surface area contributed by atoms with Crippen molar-refractivity contribution < 1.29 is 9.59 Å². The Bertz CT molecular complexity index is 1290. The summed E-state index contributed by atoms with van der Waals surface area (Å²) in [6.45, 7) is 9.05. The quantitative estimate of drug-likeness (QED) is 0.160. The van der Waals surface area contributed by atoms with Crippen molar-refractivity contribution >= 4 is 11.6 Å². The van der Waals surface area contributed by atoms with Gasteiger partial charge in [-0.15, -0.1) is 0 Å². The number of carbonyl (C=O) groups is 2. The van der Waals surface area contributed by atoms with Crippen LogP contribution in [-0.2, 0) is 25.7 Å². The van der Waals surface area contributed by atoms with Gasteiger partial charge in [-0.25, -0.2) is 0 Å². The molecule has 0 bridgehead atoms. The molecule has 0 amide bonds. The van der Waals surface area contributed by atoms with Crippen LogP contribution in [-0.4, -0.2) is 11.6 Å². The third-order valence-electron chi connectivity index (χ3n) is 9.55. The molecular weight excluding hydrogens is 488 g/mol. The van der Waals surface area contributed by atoms with E-state index in [9.17, 15) is 9.59 Å². The van der Waals surface area contributed by atoms with Crippen LogP contribution in [0.1, 0.15) is 144 Å². The summed E-state index contributed by atoms with van der Waals surface area (Å²) in [4.78, 5) is 27.6. The predicted octanol–water partition coefficient (Wildman–Crippen LogP) is 9.47. The van der Waals surface area contributed by atoms with E-state index in [1.165, 1.54) is 62.5 Å². The minimum atomic E-state index is 0.0802. The molecule has 0 heterocycles. The van der Waals surface area contributed by atoms with Crippen molar-refractivity contribution in [2.75, 3.05) is 0 Å². The fraction of sp³-hybridized carbons (Fsp3) is 0.474. The Labute approximate surface area is 241 Å². The van der Waals surface area contributed by atoms with E-state index >= 15 is 0 Å². The summed E-state index contributed by atoms with van der Waals surface area (Å²) in [7, 11) is 0. The third-order valence-corrected chi connectivity index (χ3v) is 9.55. The Morgan fingerprint density at radius 3 is 1.38 bits per heavy atom. The zero-order valence-corrected chi connectivity index (χ0v) is 25.1. The number of carbonyl (C=O) groups excluding carboxylic acids is 2. The zero-order valence-electron chi connectivity index (χ0n) is 25.1. The van der Waals surface area contributed by atoms with Gasteiger partial charge < -0.3 is 0 Å². The van der Waals surface area contributed by atoms with E-state index in [0.29, 0.717) is 11.8 Å². The fourth-order valence-electron chi connectivity index (χ4n) is 6.90. The van der Waals surface area contributed by atoms with Gasteiger partial charge in [0.05, 0.1) is 0 Å². The minimum absolute atomic E-state index is 0.0802. The highest BCUT2D eigenvalue weighted by Crippen LogP contribution is 2.35. The molecule has 40 heavy (non-hydrogen) atoms. The molecule has 0 aliphatic heterocycles. The number of ketones is 2. The van der Waals surface area contributed by atoms with Gasteiger partial charge in [-0.1, -0.05) is 109 Å². The van der Waals surface area contributed by atoms with Crippen molar-refractivity contribution in [3.63, 3.8) is 0 Å². The van der Waals surface area contributed by atoms with Crippen molar-refractivity contribution in [2.24, 2.45) is 11.8 Å². The lowest BCUT2D eigenvalue weighted by molar-refractivity contribution is 0.103. The molecule has 3 aromatic carbocycles. The molecule has 0 saturated carbocycles. The fourth-order valence-corrected chi connectivity index (χ4v) is 6.90. The summed E-state index contributed by atoms with van der Waals surface area (Å²) >= 11 is 0. The first kappa shape index (κ1) is 28.5. The second kappa shape index (κ2) is 12.7. The van der Waals surface area contributed by atoms with Crippen molar-refractivity contribution in [3.8, 4) is 0 Å². The molecule has 3 aromatic rings. The second-order valence-corrected chi connectivity index (χ2v) is 12.4. The van der Waals surface area contributed by atoms with Gasteiger partial charge in [-0.2, -0.15) is 0 Å². The molecular formula is C38H46O2. The van der Waals surface area contributed by atoms with Crippen LogP contribution in [0, 0.1) is 11.8 Å². The minimum Gasteiger partial charge on any atom is -0.289 e. The Hall–Kier alpha value is -3.00. The number of rotatable bonds is 12. The van der Waals surface area contributed by atoms with E-state index in [4.69, 9.17) is 0 Å². The maximum atomic E-state index is 13.8. The van der Waals surface area contributed by atoms with Gasteiger partial charge in [-0.05, 0) is 89.1 Å². The first-order valence-electron chi connectivity index (χ1n) is 15.9. The third kappa shape index (κ3) is 5.87. The topological polar surface area (TPSA) is 34.1 Å². The molecule has 0 N–H and O–H groups in total. The van der Waals surface area contributed by atoms with Crippen LogP contribution >= 0.6 is 0 Å². The Morgan fingerprint density at radius 1 is 0.550 bits per heavy atom. The molecule has 0 aromatic heterocycles. The summed E-state index contributed by atoms with van der Waals surface area (Å²) in [5.41, 5.74) is 9.99. The number of fused-ring (bicyclic) bond motifs is 4. The highest BCUT2D eigenvalue weighted by atomic mass is 16.1. The Kier molecular flexibility index (Phi) is 9.03. The van der Waals surface area contributed by atoms with Crippen LogP contribution in [0.2, 0.25) is 0 Å². The standard InChI is InChI=1S/C38H46O2/c1-5-9-11-25(7-3)17-27-13-15-29-21-31-23-32-22-30-16-14-28(18-26(8-4)12-10-6-2)20-34(30)38(40)36(32)24-35(31)37(39)33(29)19-27/h13-16,19-20,23-26H,5-12,17-18,21-22H2,1-4H3. The number of hydrogen-bond acceptors (Lipinski definition) is 2. The first-order chi connectivity index (χ1) is 19.4. The van der Waals surface area contributed by atoms with Crippen LogP contribution in [0.4, 0.5) is 0 Å². The van der Waals surface area contributed by atoms with E-state index in [1.54, 1.807) is 0 Å². The lowest BCUT2D eigenvalue weighted by Crippen LogP contribution is -2.21. The van der Waals surface area contributed by atoms with Crippen molar-refractivity contribution in [1.29, 1.82) is 0 Å². The SMILES string of the molecule is CCCCC(CC)Cc1ccc2c(c1)C(=O)c1cc3c(cc1C2)Cc1ccc(CC(CC)CCCC)cc1C3=O. The molecule has 2 unspecified atom stereocenters. The van der Waals surface area contributed by atoms with Gasteiger partial charge in [0.25, 0.3) is 0 Å². The van der Waals surface area contributed by atoms with Crippen LogP contribution in [0.25, 0.3) is 0 Å². The van der Waals surface area contributed by atoms with Crippen molar-refractivity contribution in [1.82, 2.24) is 0 Å². The van der Waals surface area contributed by atoms with E-state index in [-0.39, 0.29) is 11.6 Å². The van der Waals surface area contributed by atoms with E-state index < -0.39 is 0 Å². The van der Waals surface area contributed by atoms with Crippen LogP contribution in [0.5, 0.6) is 0 Å². The summed E-state index contributed by atoms with van der Waals surface area (Å²) in [6, 6.07) is 17.1. The average Bonchev–Trinajstić information content (AvgIpc) is 2.97. The van der Waals surface area contributed by atoms with Gasteiger partial charge in [-0.3, -0.25) is 9.59 Å². The molecule has 210 valence electrons. The van der Waals surface area contributed by atoms with Gasteiger partial charge in [0.1, 0.15) is 0 Å². The summed E-state index contributed by atoms with van der Waals surface area (Å²) in [6.07, 6.45) is 13.4. The molecule has 0 spiro atoms.